The molecule has 0 aliphatic heterocycles. The number of ether oxygens (including phenoxy) is 2. The molecule has 9 heteroatoms. The summed E-state index contributed by atoms with van der Waals surface area (Å²) in [5.74, 6) is -1.30. The van der Waals surface area contributed by atoms with E-state index >= 15 is 0 Å². The Morgan fingerprint density at radius 3 is 2.39 bits per heavy atom. The highest BCUT2D eigenvalue weighted by atomic mass is 16.6. The molecule has 9 nitrogen and oxygen atoms in total. The standard InChI is InChI=1S/C19H18N2O7/c1-12(20-18(23)14-4-3-5-15(10-14)21(25)26)19(24)28-11-17(22)13-6-8-16(27-2)9-7-13/h3-10,12H,11H2,1-2H3,(H,20,23)/t12-/m0/s1. The first-order valence-electron chi connectivity index (χ1n) is 8.21. The number of rotatable bonds is 8. The molecule has 0 saturated heterocycles. The van der Waals surface area contributed by atoms with Gasteiger partial charge >= 0.3 is 5.97 Å². The van der Waals surface area contributed by atoms with Gasteiger partial charge in [0.05, 0.1) is 12.0 Å². The number of methoxy groups -OCH3 is 1. The summed E-state index contributed by atoms with van der Waals surface area (Å²) in [6.07, 6.45) is 0. The number of ketones is 1. The highest BCUT2D eigenvalue weighted by molar-refractivity contribution is 5.99. The molecule has 0 aliphatic rings. The molecular formula is C19H18N2O7. The van der Waals surface area contributed by atoms with Crippen LogP contribution in [0.4, 0.5) is 5.69 Å². The van der Waals surface area contributed by atoms with Crippen molar-refractivity contribution in [3.05, 3.63) is 69.8 Å². The summed E-state index contributed by atoms with van der Waals surface area (Å²) >= 11 is 0. The molecule has 0 aliphatic carbocycles. The Balaban J connectivity index is 1.89. The Kier molecular flexibility index (Phi) is 6.80. The first kappa shape index (κ1) is 20.6. The average Bonchev–Trinajstić information content (AvgIpc) is 2.71. The van der Waals surface area contributed by atoms with E-state index in [1.165, 1.54) is 32.2 Å². The van der Waals surface area contributed by atoms with Crippen LogP contribution in [0.25, 0.3) is 0 Å². The van der Waals surface area contributed by atoms with Crippen LogP contribution in [-0.4, -0.2) is 42.3 Å². The molecule has 2 aromatic rings. The number of Topliss-reactive ketones (excluding diaryl/α,β-unsaturated/α-hetero) is 1. The fourth-order valence-electron chi connectivity index (χ4n) is 2.22. The van der Waals surface area contributed by atoms with Crippen LogP contribution in [0.2, 0.25) is 0 Å². The van der Waals surface area contributed by atoms with Crippen molar-refractivity contribution in [3.8, 4) is 5.75 Å². The van der Waals surface area contributed by atoms with Crippen LogP contribution in [0.15, 0.2) is 48.5 Å². The zero-order valence-corrected chi connectivity index (χ0v) is 15.2. The van der Waals surface area contributed by atoms with Gasteiger partial charge in [0, 0.05) is 23.3 Å². The molecule has 0 heterocycles. The van der Waals surface area contributed by atoms with E-state index < -0.39 is 35.2 Å². The highest BCUT2D eigenvalue weighted by Crippen LogP contribution is 2.14. The maximum Gasteiger partial charge on any atom is 0.328 e. The summed E-state index contributed by atoms with van der Waals surface area (Å²) in [6, 6.07) is 10.4. The van der Waals surface area contributed by atoms with Gasteiger partial charge < -0.3 is 14.8 Å². The SMILES string of the molecule is COc1ccc(C(=O)COC(=O)[C@H](C)NC(=O)c2cccc([N+](=O)[O-])c2)cc1. The van der Waals surface area contributed by atoms with Gasteiger partial charge in [0.2, 0.25) is 0 Å². The van der Waals surface area contributed by atoms with E-state index in [-0.39, 0.29) is 11.3 Å². The quantitative estimate of drug-likeness (QED) is 0.319. The molecule has 0 saturated carbocycles. The number of amides is 1. The van der Waals surface area contributed by atoms with Gasteiger partial charge in [0.1, 0.15) is 11.8 Å². The Labute approximate surface area is 160 Å². The predicted molar refractivity (Wildman–Crippen MR) is 98.3 cm³/mol. The molecule has 0 fully saturated rings. The van der Waals surface area contributed by atoms with Crippen molar-refractivity contribution >= 4 is 23.3 Å². The van der Waals surface area contributed by atoms with Crippen LogP contribution in [0.1, 0.15) is 27.6 Å². The Morgan fingerprint density at radius 1 is 1.11 bits per heavy atom. The molecule has 0 bridgehead atoms. The molecule has 0 unspecified atom stereocenters. The maximum absolute atomic E-state index is 12.1. The summed E-state index contributed by atoms with van der Waals surface area (Å²) in [7, 11) is 1.50. The molecule has 146 valence electrons. The number of benzene rings is 2. The van der Waals surface area contributed by atoms with E-state index in [2.05, 4.69) is 5.32 Å². The maximum atomic E-state index is 12.1. The number of nitro benzene ring substituents is 1. The molecular weight excluding hydrogens is 368 g/mol. The fourth-order valence-corrected chi connectivity index (χ4v) is 2.22. The number of hydrogen-bond acceptors (Lipinski definition) is 7. The minimum atomic E-state index is -1.05. The third kappa shape index (κ3) is 5.37. The molecule has 1 N–H and O–H groups in total. The van der Waals surface area contributed by atoms with E-state index in [9.17, 15) is 24.5 Å². The molecule has 0 radical (unpaired) electrons. The Hall–Kier alpha value is -3.75. The molecule has 2 rings (SSSR count). The van der Waals surface area contributed by atoms with Gasteiger partial charge in [0.15, 0.2) is 12.4 Å². The van der Waals surface area contributed by atoms with Gasteiger partial charge in [-0.15, -0.1) is 0 Å². The smallest absolute Gasteiger partial charge is 0.328 e. The molecule has 28 heavy (non-hydrogen) atoms. The number of hydrogen-bond donors (Lipinski definition) is 1. The van der Waals surface area contributed by atoms with Crippen LogP contribution in [0.5, 0.6) is 5.75 Å². The number of non-ortho nitro benzene ring substituents is 1. The lowest BCUT2D eigenvalue weighted by atomic mass is 10.1. The topological polar surface area (TPSA) is 125 Å². The number of nitrogens with one attached hydrogen (secondary N) is 1. The number of nitrogens with zero attached hydrogens (tertiary/aromatic N) is 1. The van der Waals surface area contributed by atoms with E-state index in [0.29, 0.717) is 11.3 Å². The van der Waals surface area contributed by atoms with Crippen molar-refractivity contribution in [2.75, 3.05) is 13.7 Å². The number of carbonyl (C=O) groups excluding carboxylic acids is 3. The van der Waals surface area contributed by atoms with Gasteiger partial charge in [-0.3, -0.25) is 19.7 Å². The third-order valence-electron chi connectivity index (χ3n) is 3.78. The van der Waals surface area contributed by atoms with Gasteiger partial charge in [-0.25, -0.2) is 4.79 Å². The highest BCUT2D eigenvalue weighted by Gasteiger charge is 2.20. The second-order valence-corrected chi connectivity index (χ2v) is 5.76. The van der Waals surface area contributed by atoms with Crippen molar-refractivity contribution in [3.63, 3.8) is 0 Å². The number of nitro groups is 1. The third-order valence-corrected chi connectivity index (χ3v) is 3.78. The lowest BCUT2D eigenvalue weighted by molar-refractivity contribution is -0.384. The van der Waals surface area contributed by atoms with E-state index in [1.54, 1.807) is 24.3 Å². The van der Waals surface area contributed by atoms with Crippen LogP contribution in [-0.2, 0) is 9.53 Å². The van der Waals surface area contributed by atoms with Gasteiger partial charge in [-0.1, -0.05) is 6.07 Å². The predicted octanol–water partition coefficient (Wildman–Crippen LogP) is 2.15. The van der Waals surface area contributed by atoms with Gasteiger partial charge in [-0.05, 0) is 37.3 Å². The first-order chi connectivity index (χ1) is 13.3. The number of carbonyl (C=O) groups is 3. The summed E-state index contributed by atoms with van der Waals surface area (Å²) < 4.78 is 9.93. The molecule has 0 aromatic heterocycles. The minimum absolute atomic E-state index is 0.0307. The number of esters is 1. The van der Waals surface area contributed by atoms with Crippen LogP contribution >= 0.6 is 0 Å². The minimum Gasteiger partial charge on any atom is -0.497 e. The van der Waals surface area contributed by atoms with Crippen LogP contribution in [0, 0.1) is 10.1 Å². The van der Waals surface area contributed by atoms with Crippen LogP contribution < -0.4 is 10.1 Å². The van der Waals surface area contributed by atoms with Crippen molar-refractivity contribution < 1.29 is 28.8 Å². The summed E-state index contributed by atoms with van der Waals surface area (Å²) in [5.41, 5.74) is 0.137. The largest absolute Gasteiger partial charge is 0.497 e. The van der Waals surface area contributed by atoms with Crippen molar-refractivity contribution in [2.24, 2.45) is 0 Å². The lowest BCUT2D eigenvalue weighted by Gasteiger charge is -2.13. The molecule has 1 atom stereocenters. The van der Waals surface area contributed by atoms with E-state index in [1.807, 2.05) is 0 Å². The fraction of sp³-hybridized carbons (Fsp3) is 0.211. The summed E-state index contributed by atoms with van der Waals surface area (Å²) in [4.78, 5) is 46.3. The second kappa shape index (κ2) is 9.26. The van der Waals surface area contributed by atoms with Crippen molar-refractivity contribution in [2.45, 2.75) is 13.0 Å². The van der Waals surface area contributed by atoms with Gasteiger partial charge in [0.25, 0.3) is 11.6 Å². The Morgan fingerprint density at radius 2 is 1.79 bits per heavy atom. The zero-order valence-electron chi connectivity index (χ0n) is 15.2. The average molecular weight is 386 g/mol. The lowest BCUT2D eigenvalue weighted by Crippen LogP contribution is -2.40. The monoisotopic (exact) mass is 386 g/mol. The summed E-state index contributed by atoms with van der Waals surface area (Å²) in [5, 5.41) is 13.1. The van der Waals surface area contributed by atoms with Crippen molar-refractivity contribution in [1.82, 2.24) is 5.32 Å². The Bertz CT molecular complexity index is 893. The van der Waals surface area contributed by atoms with E-state index in [4.69, 9.17) is 9.47 Å². The first-order valence-corrected chi connectivity index (χ1v) is 8.21. The van der Waals surface area contributed by atoms with Gasteiger partial charge in [-0.2, -0.15) is 0 Å². The van der Waals surface area contributed by atoms with Crippen molar-refractivity contribution in [1.29, 1.82) is 0 Å². The molecule has 2 aromatic carbocycles. The molecule has 0 spiro atoms. The van der Waals surface area contributed by atoms with E-state index in [0.717, 1.165) is 6.07 Å². The van der Waals surface area contributed by atoms with Crippen LogP contribution in [0.3, 0.4) is 0 Å². The second-order valence-electron chi connectivity index (χ2n) is 5.76. The molecule has 1 amide bonds. The normalized spacial score (nSPS) is 11.2. The zero-order chi connectivity index (χ0) is 20.7. The summed E-state index contributed by atoms with van der Waals surface area (Å²) in [6.45, 7) is 0.900.